The molecule has 1 aromatic carbocycles. The van der Waals surface area contributed by atoms with Crippen molar-refractivity contribution in [3.05, 3.63) is 40.7 Å². The molecule has 0 aliphatic heterocycles. The molecular weight excluding hydrogens is 276 g/mol. The molecule has 2 heterocycles. The number of carboxylic acid groups (broad SMARTS) is 1. The average molecular weight is 286 g/mol. The summed E-state index contributed by atoms with van der Waals surface area (Å²) in [5, 5.41) is 17.4. The van der Waals surface area contributed by atoms with Crippen molar-refractivity contribution in [3.8, 4) is 0 Å². The molecule has 3 aromatic rings. The van der Waals surface area contributed by atoms with Gasteiger partial charge in [-0.15, -0.1) is 16.4 Å². The van der Waals surface area contributed by atoms with Gasteiger partial charge in [0.1, 0.15) is 5.01 Å². The monoisotopic (exact) mass is 286 g/mol. The van der Waals surface area contributed by atoms with Gasteiger partial charge in [-0.3, -0.25) is 0 Å². The van der Waals surface area contributed by atoms with Crippen LogP contribution in [0, 0.1) is 0 Å². The summed E-state index contributed by atoms with van der Waals surface area (Å²) in [5.74, 6) is -0.932. The molecule has 0 saturated heterocycles. The molecule has 20 heavy (non-hydrogen) atoms. The minimum Gasteiger partial charge on any atom is -0.478 e. The van der Waals surface area contributed by atoms with Crippen LogP contribution in [0.5, 0.6) is 0 Å². The highest BCUT2D eigenvalue weighted by molar-refractivity contribution is 7.19. The number of thiazole rings is 1. The van der Waals surface area contributed by atoms with Crippen LogP contribution in [0.1, 0.15) is 21.1 Å². The van der Waals surface area contributed by atoms with Gasteiger partial charge in [0.05, 0.1) is 27.7 Å². The van der Waals surface area contributed by atoms with E-state index in [1.54, 1.807) is 29.1 Å². The number of aryl methyl sites for hydroxylation is 1. The molecule has 0 radical (unpaired) electrons. The van der Waals surface area contributed by atoms with Crippen molar-refractivity contribution in [2.45, 2.75) is 0 Å². The molecule has 0 aliphatic rings. The first kappa shape index (κ1) is 12.5. The lowest BCUT2D eigenvalue weighted by Gasteiger charge is -1.91. The maximum atomic E-state index is 10.9. The lowest BCUT2D eigenvalue weighted by Crippen LogP contribution is -1.94. The summed E-state index contributed by atoms with van der Waals surface area (Å²) in [5.41, 5.74) is 1.94. The van der Waals surface area contributed by atoms with Crippen LogP contribution in [-0.2, 0) is 7.05 Å². The Morgan fingerprint density at radius 2 is 2.25 bits per heavy atom. The van der Waals surface area contributed by atoms with Crippen LogP contribution < -0.4 is 0 Å². The zero-order valence-corrected chi connectivity index (χ0v) is 11.3. The number of rotatable bonds is 3. The smallest absolute Gasteiger partial charge is 0.335 e. The van der Waals surface area contributed by atoms with Gasteiger partial charge in [-0.05, 0) is 30.4 Å². The highest BCUT2D eigenvalue weighted by Crippen LogP contribution is 2.24. The molecule has 0 spiro atoms. The van der Waals surface area contributed by atoms with E-state index in [2.05, 4.69) is 15.3 Å². The molecule has 0 amide bonds. The van der Waals surface area contributed by atoms with Crippen LogP contribution in [-0.4, -0.2) is 31.1 Å². The number of hydrogen-bond acceptors (Lipinski definition) is 5. The largest absolute Gasteiger partial charge is 0.478 e. The molecule has 7 heteroatoms. The van der Waals surface area contributed by atoms with Crippen molar-refractivity contribution in [1.29, 1.82) is 0 Å². The molecule has 0 bridgehead atoms. The summed E-state index contributed by atoms with van der Waals surface area (Å²) < 4.78 is 2.51. The molecule has 6 nitrogen and oxygen atoms in total. The normalized spacial score (nSPS) is 11.4. The van der Waals surface area contributed by atoms with E-state index in [1.807, 2.05) is 19.2 Å². The van der Waals surface area contributed by atoms with Crippen LogP contribution in [0.25, 0.3) is 22.4 Å². The van der Waals surface area contributed by atoms with Gasteiger partial charge in [0, 0.05) is 7.05 Å². The highest BCUT2D eigenvalue weighted by Gasteiger charge is 2.07. The van der Waals surface area contributed by atoms with E-state index in [-0.39, 0.29) is 5.56 Å². The first-order valence-electron chi connectivity index (χ1n) is 5.80. The molecule has 0 fully saturated rings. The number of carbonyl (C=O) groups is 1. The summed E-state index contributed by atoms with van der Waals surface area (Å²) in [7, 11) is 1.81. The predicted octanol–water partition coefficient (Wildman–Crippen LogP) is 2.29. The fourth-order valence-corrected chi connectivity index (χ4v) is 2.66. The van der Waals surface area contributed by atoms with E-state index in [0.29, 0.717) is 0 Å². The van der Waals surface area contributed by atoms with Gasteiger partial charge in [-0.2, -0.15) is 0 Å². The number of aromatic carboxylic acids is 1. The van der Waals surface area contributed by atoms with Gasteiger partial charge in [-0.1, -0.05) is 5.21 Å². The van der Waals surface area contributed by atoms with Gasteiger partial charge < -0.3 is 5.11 Å². The maximum absolute atomic E-state index is 10.9. The molecule has 0 saturated carbocycles. The van der Waals surface area contributed by atoms with E-state index in [9.17, 15) is 4.79 Å². The van der Waals surface area contributed by atoms with Crippen LogP contribution in [0.15, 0.2) is 24.4 Å². The molecule has 3 rings (SSSR count). The summed E-state index contributed by atoms with van der Waals surface area (Å²) in [6.07, 6.45) is 5.39. The van der Waals surface area contributed by atoms with Crippen molar-refractivity contribution >= 4 is 39.7 Å². The SMILES string of the molecule is Cn1nncc1/C=C/c1nc2ccc(C(=O)O)cc2s1. The zero-order valence-electron chi connectivity index (χ0n) is 10.5. The Bertz CT molecular complexity index is 819. The van der Waals surface area contributed by atoms with E-state index in [4.69, 9.17) is 5.11 Å². The summed E-state index contributed by atoms with van der Waals surface area (Å²) in [6.45, 7) is 0. The molecular formula is C13H10N4O2S. The third-order valence-electron chi connectivity index (χ3n) is 2.80. The lowest BCUT2D eigenvalue weighted by atomic mass is 10.2. The standard InChI is InChI=1S/C13H10N4O2S/c1-17-9(7-14-16-17)3-5-12-15-10-4-2-8(13(18)19)6-11(10)20-12/h2-7H,1H3,(H,18,19)/b5-3+. The van der Waals surface area contributed by atoms with Crippen molar-refractivity contribution in [3.63, 3.8) is 0 Å². The zero-order chi connectivity index (χ0) is 14.1. The quantitative estimate of drug-likeness (QED) is 0.799. The van der Waals surface area contributed by atoms with E-state index in [0.717, 1.165) is 20.9 Å². The second kappa shape index (κ2) is 4.86. The fourth-order valence-electron chi connectivity index (χ4n) is 1.75. The molecule has 0 atom stereocenters. The second-order valence-corrected chi connectivity index (χ2v) is 5.22. The van der Waals surface area contributed by atoms with Crippen LogP contribution in [0.2, 0.25) is 0 Å². The highest BCUT2D eigenvalue weighted by atomic mass is 32.1. The Morgan fingerprint density at radius 3 is 2.95 bits per heavy atom. The Labute approximate surface area is 118 Å². The number of aromatic nitrogens is 4. The third kappa shape index (κ3) is 2.30. The molecule has 1 N–H and O–H groups in total. The number of carboxylic acids is 1. The van der Waals surface area contributed by atoms with Crippen LogP contribution in [0.4, 0.5) is 0 Å². The topological polar surface area (TPSA) is 80.9 Å². The molecule has 0 unspecified atom stereocenters. The third-order valence-corrected chi connectivity index (χ3v) is 3.78. The Hall–Kier alpha value is -2.54. The second-order valence-electron chi connectivity index (χ2n) is 4.16. The summed E-state index contributed by atoms with van der Waals surface area (Å²) >= 11 is 1.45. The molecule has 2 aromatic heterocycles. The number of fused-ring (bicyclic) bond motifs is 1. The Kier molecular flexibility index (Phi) is 3.03. The predicted molar refractivity (Wildman–Crippen MR) is 76.5 cm³/mol. The summed E-state index contributed by atoms with van der Waals surface area (Å²) in [4.78, 5) is 15.4. The lowest BCUT2D eigenvalue weighted by molar-refractivity contribution is 0.0697. The maximum Gasteiger partial charge on any atom is 0.335 e. The Morgan fingerprint density at radius 1 is 1.40 bits per heavy atom. The van der Waals surface area contributed by atoms with Crippen molar-refractivity contribution in [2.75, 3.05) is 0 Å². The average Bonchev–Trinajstić information content (AvgIpc) is 3.00. The minimum absolute atomic E-state index is 0.271. The van der Waals surface area contributed by atoms with Crippen molar-refractivity contribution in [2.24, 2.45) is 7.05 Å². The van der Waals surface area contributed by atoms with Crippen molar-refractivity contribution < 1.29 is 9.90 Å². The molecule has 0 aliphatic carbocycles. The number of benzene rings is 1. The van der Waals surface area contributed by atoms with Gasteiger partial charge in [-0.25, -0.2) is 14.5 Å². The van der Waals surface area contributed by atoms with Gasteiger partial charge in [0.15, 0.2) is 0 Å². The van der Waals surface area contributed by atoms with E-state index < -0.39 is 5.97 Å². The molecule has 100 valence electrons. The van der Waals surface area contributed by atoms with E-state index in [1.165, 1.54) is 11.3 Å². The summed E-state index contributed by atoms with van der Waals surface area (Å²) in [6, 6.07) is 4.92. The van der Waals surface area contributed by atoms with Gasteiger partial charge >= 0.3 is 5.97 Å². The van der Waals surface area contributed by atoms with E-state index >= 15 is 0 Å². The number of hydrogen-bond donors (Lipinski definition) is 1. The van der Waals surface area contributed by atoms with Crippen molar-refractivity contribution in [1.82, 2.24) is 20.0 Å². The van der Waals surface area contributed by atoms with Gasteiger partial charge in [0.2, 0.25) is 0 Å². The first-order valence-corrected chi connectivity index (χ1v) is 6.62. The number of nitrogens with zero attached hydrogens (tertiary/aromatic N) is 4. The minimum atomic E-state index is -0.932. The van der Waals surface area contributed by atoms with Crippen LogP contribution >= 0.6 is 11.3 Å². The first-order chi connectivity index (χ1) is 9.63. The fraction of sp³-hybridized carbons (Fsp3) is 0.0769. The Balaban J connectivity index is 1.95. The van der Waals surface area contributed by atoms with Gasteiger partial charge in [0.25, 0.3) is 0 Å². The van der Waals surface area contributed by atoms with Crippen LogP contribution in [0.3, 0.4) is 0 Å².